The molecule has 20 heavy (non-hydrogen) atoms. The summed E-state index contributed by atoms with van der Waals surface area (Å²) in [5, 5.41) is 13.0. The fourth-order valence-corrected chi connectivity index (χ4v) is 2.38. The topological polar surface area (TPSA) is 69.8 Å². The molecule has 1 amide bonds. The molecule has 0 saturated heterocycles. The Balaban J connectivity index is 2.07. The van der Waals surface area contributed by atoms with Crippen LogP contribution >= 0.6 is 15.9 Å². The van der Waals surface area contributed by atoms with E-state index in [0.29, 0.717) is 16.7 Å². The van der Waals surface area contributed by atoms with Crippen LogP contribution in [0, 0.1) is 0 Å². The van der Waals surface area contributed by atoms with Crippen molar-refractivity contribution in [2.45, 2.75) is 6.92 Å². The minimum absolute atomic E-state index is 0.163. The number of nitrogens with one attached hydrogen (secondary N) is 3. The highest BCUT2D eigenvalue weighted by atomic mass is 79.9. The smallest absolute Gasteiger partial charge is 0.270 e. The van der Waals surface area contributed by atoms with Gasteiger partial charge in [0.1, 0.15) is 11.4 Å². The summed E-state index contributed by atoms with van der Waals surface area (Å²) >= 11 is 3.44. The van der Waals surface area contributed by atoms with Gasteiger partial charge < -0.3 is 10.6 Å². The molecule has 0 bridgehead atoms. The van der Waals surface area contributed by atoms with E-state index in [2.05, 4.69) is 36.8 Å². The van der Waals surface area contributed by atoms with Crippen LogP contribution in [-0.4, -0.2) is 35.7 Å². The van der Waals surface area contributed by atoms with E-state index in [9.17, 15) is 4.79 Å². The maximum Gasteiger partial charge on any atom is 0.270 e. The molecule has 2 rings (SSSR count). The Morgan fingerprint density at radius 2 is 2.05 bits per heavy atom. The summed E-state index contributed by atoms with van der Waals surface area (Å²) in [6.07, 6.45) is 0. The average molecular weight is 337 g/mol. The first kappa shape index (κ1) is 14.7. The van der Waals surface area contributed by atoms with Gasteiger partial charge in [0.2, 0.25) is 0 Å². The molecule has 3 N–H and O–H groups in total. The number of rotatable bonds is 6. The van der Waals surface area contributed by atoms with Crippen molar-refractivity contribution in [1.82, 2.24) is 20.8 Å². The van der Waals surface area contributed by atoms with E-state index >= 15 is 0 Å². The molecule has 0 aliphatic rings. The van der Waals surface area contributed by atoms with Gasteiger partial charge in [0.25, 0.3) is 5.91 Å². The zero-order valence-corrected chi connectivity index (χ0v) is 12.8. The van der Waals surface area contributed by atoms with Crippen LogP contribution in [0.15, 0.2) is 34.8 Å². The van der Waals surface area contributed by atoms with Crippen molar-refractivity contribution in [3.05, 3.63) is 40.5 Å². The van der Waals surface area contributed by atoms with Crippen LogP contribution in [0.5, 0.6) is 0 Å². The van der Waals surface area contributed by atoms with E-state index in [0.717, 1.165) is 24.3 Å². The highest BCUT2D eigenvalue weighted by Crippen LogP contribution is 2.28. The first-order valence-electron chi connectivity index (χ1n) is 6.52. The van der Waals surface area contributed by atoms with Gasteiger partial charge in [-0.3, -0.25) is 9.89 Å². The highest BCUT2D eigenvalue weighted by Gasteiger charge is 2.17. The zero-order valence-electron chi connectivity index (χ0n) is 11.2. The molecule has 106 valence electrons. The van der Waals surface area contributed by atoms with E-state index in [4.69, 9.17) is 0 Å². The number of carbonyl (C=O) groups excluding carboxylic acids is 1. The molecule has 6 heteroatoms. The van der Waals surface area contributed by atoms with Gasteiger partial charge in [0.15, 0.2) is 0 Å². The van der Waals surface area contributed by atoms with Gasteiger partial charge >= 0.3 is 0 Å². The number of aromatic amines is 1. The van der Waals surface area contributed by atoms with E-state index < -0.39 is 0 Å². The lowest BCUT2D eigenvalue weighted by Crippen LogP contribution is -2.32. The molecule has 0 unspecified atom stereocenters. The van der Waals surface area contributed by atoms with Crippen molar-refractivity contribution in [3.8, 4) is 11.3 Å². The molecule has 0 aliphatic heterocycles. The van der Waals surface area contributed by atoms with Gasteiger partial charge in [-0.2, -0.15) is 5.10 Å². The Morgan fingerprint density at radius 3 is 2.75 bits per heavy atom. The molecule has 0 radical (unpaired) electrons. The quantitative estimate of drug-likeness (QED) is 0.708. The Morgan fingerprint density at radius 1 is 1.30 bits per heavy atom. The van der Waals surface area contributed by atoms with Crippen molar-refractivity contribution < 1.29 is 4.79 Å². The number of aromatic nitrogens is 2. The second-order valence-electron chi connectivity index (χ2n) is 4.24. The van der Waals surface area contributed by atoms with E-state index in [1.807, 2.05) is 37.3 Å². The van der Waals surface area contributed by atoms with Crippen LogP contribution in [0.3, 0.4) is 0 Å². The fourth-order valence-electron chi connectivity index (χ4n) is 1.80. The molecule has 0 fully saturated rings. The Labute approximate surface area is 126 Å². The number of amides is 1. The summed E-state index contributed by atoms with van der Waals surface area (Å²) in [5.41, 5.74) is 2.14. The van der Waals surface area contributed by atoms with Crippen LogP contribution in [-0.2, 0) is 0 Å². The predicted molar refractivity (Wildman–Crippen MR) is 82.6 cm³/mol. The summed E-state index contributed by atoms with van der Waals surface area (Å²) in [6.45, 7) is 4.25. The van der Waals surface area contributed by atoms with Gasteiger partial charge in [-0.1, -0.05) is 37.3 Å². The third-order valence-corrected chi connectivity index (χ3v) is 3.59. The highest BCUT2D eigenvalue weighted by molar-refractivity contribution is 9.10. The lowest BCUT2D eigenvalue weighted by Gasteiger charge is -2.04. The summed E-state index contributed by atoms with van der Waals surface area (Å²) in [7, 11) is 0. The van der Waals surface area contributed by atoms with Crippen LogP contribution in [0.2, 0.25) is 0 Å². The monoisotopic (exact) mass is 336 g/mol. The average Bonchev–Trinajstić information content (AvgIpc) is 2.86. The number of H-pyrrole nitrogens is 1. The van der Waals surface area contributed by atoms with Crippen molar-refractivity contribution in [2.24, 2.45) is 0 Å². The molecular weight excluding hydrogens is 320 g/mol. The van der Waals surface area contributed by atoms with E-state index in [1.54, 1.807) is 0 Å². The maximum absolute atomic E-state index is 12.0. The number of hydrogen-bond donors (Lipinski definition) is 3. The number of hydrogen-bond acceptors (Lipinski definition) is 3. The number of nitrogens with zero attached hydrogens (tertiary/aromatic N) is 1. The molecule has 1 aromatic heterocycles. The summed E-state index contributed by atoms with van der Waals surface area (Å²) in [6, 6.07) is 9.72. The second-order valence-corrected chi connectivity index (χ2v) is 5.03. The van der Waals surface area contributed by atoms with Crippen LogP contribution in [0.4, 0.5) is 0 Å². The standard InChI is InChI=1S/C14H17BrN4O/c1-2-16-8-9-17-14(20)13-11(15)12(18-19-13)10-6-4-3-5-7-10/h3-7,16H,2,8-9H2,1H3,(H,17,20)(H,18,19). The summed E-state index contributed by atoms with van der Waals surface area (Å²) in [5.74, 6) is -0.163. The van der Waals surface area contributed by atoms with E-state index in [1.165, 1.54) is 0 Å². The molecule has 0 aliphatic carbocycles. The zero-order chi connectivity index (χ0) is 14.4. The van der Waals surface area contributed by atoms with Crippen molar-refractivity contribution >= 4 is 21.8 Å². The van der Waals surface area contributed by atoms with Crippen LogP contribution in [0.25, 0.3) is 11.3 Å². The third-order valence-electron chi connectivity index (χ3n) is 2.82. The minimum Gasteiger partial charge on any atom is -0.349 e. The predicted octanol–water partition coefficient (Wildman–Crippen LogP) is 2.18. The van der Waals surface area contributed by atoms with Gasteiger partial charge in [-0.25, -0.2) is 0 Å². The van der Waals surface area contributed by atoms with Crippen molar-refractivity contribution in [2.75, 3.05) is 19.6 Å². The van der Waals surface area contributed by atoms with E-state index in [-0.39, 0.29) is 5.91 Å². The van der Waals surface area contributed by atoms with Gasteiger partial charge in [-0.15, -0.1) is 0 Å². The number of benzene rings is 1. The summed E-state index contributed by atoms with van der Waals surface area (Å²) in [4.78, 5) is 12.0. The molecule has 0 saturated carbocycles. The lowest BCUT2D eigenvalue weighted by molar-refractivity contribution is 0.0948. The second kappa shape index (κ2) is 7.21. The van der Waals surface area contributed by atoms with Crippen molar-refractivity contribution in [3.63, 3.8) is 0 Å². The van der Waals surface area contributed by atoms with Gasteiger partial charge in [0, 0.05) is 18.7 Å². The largest absolute Gasteiger partial charge is 0.349 e. The molecule has 2 aromatic rings. The lowest BCUT2D eigenvalue weighted by atomic mass is 10.1. The number of likely N-dealkylation sites (N-methyl/N-ethyl adjacent to an activating group) is 1. The third kappa shape index (κ3) is 3.46. The SMILES string of the molecule is CCNCCNC(=O)c1[nH]nc(-c2ccccc2)c1Br. The first-order valence-corrected chi connectivity index (χ1v) is 7.31. The number of halogens is 1. The Kier molecular flexibility index (Phi) is 5.31. The Hall–Kier alpha value is -1.66. The first-order chi connectivity index (χ1) is 9.74. The van der Waals surface area contributed by atoms with Crippen molar-refractivity contribution in [1.29, 1.82) is 0 Å². The molecule has 5 nitrogen and oxygen atoms in total. The summed E-state index contributed by atoms with van der Waals surface area (Å²) < 4.78 is 0.685. The fraction of sp³-hybridized carbons (Fsp3) is 0.286. The minimum atomic E-state index is -0.163. The van der Waals surface area contributed by atoms with Crippen LogP contribution < -0.4 is 10.6 Å². The molecule has 0 spiro atoms. The van der Waals surface area contributed by atoms with Gasteiger partial charge in [0.05, 0.1) is 4.47 Å². The molecule has 1 aromatic carbocycles. The normalized spacial score (nSPS) is 10.5. The molecule has 1 heterocycles. The maximum atomic E-state index is 12.0. The molecular formula is C14H17BrN4O. The van der Waals surface area contributed by atoms with Gasteiger partial charge in [-0.05, 0) is 22.5 Å². The number of carbonyl (C=O) groups is 1. The molecule has 0 atom stereocenters. The van der Waals surface area contributed by atoms with Crippen LogP contribution in [0.1, 0.15) is 17.4 Å². The Bertz CT molecular complexity index is 568.